The lowest BCUT2D eigenvalue weighted by molar-refractivity contribution is 0.110. The molecule has 0 aromatic carbocycles. The van der Waals surface area contributed by atoms with Gasteiger partial charge in [0.25, 0.3) is 0 Å². The summed E-state index contributed by atoms with van der Waals surface area (Å²) in [5, 5.41) is 18.5. The van der Waals surface area contributed by atoms with Gasteiger partial charge in [-0.15, -0.1) is 0 Å². The molecule has 0 unspecified atom stereocenters. The number of aliphatic hydroxyl groups is 2. The fourth-order valence-corrected chi connectivity index (χ4v) is 2.92. The minimum absolute atomic E-state index is 0.238. The highest BCUT2D eigenvalue weighted by molar-refractivity contribution is 5.21. The molecule has 0 spiro atoms. The van der Waals surface area contributed by atoms with Gasteiger partial charge in [0.2, 0.25) is 0 Å². The highest BCUT2D eigenvalue weighted by Crippen LogP contribution is 2.40. The van der Waals surface area contributed by atoms with Crippen LogP contribution in [-0.4, -0.2) is 23.4 Å². The Hall–Kier alpha value is -0.340. The van der Waals surface area contributed by atoms with Crippen molar-refractivity contribution >= 4 is 0 Å². The van der Waals surface area contributed by atoms with E-state index >= 15 is 0 Å². The topological polar surface area (TPSA) is 40.5 Å². The smallest absolute Gasteiger partial charge is 0.0465 e. The van der Waals surface area contributed by atoms with Gasteiger partial charge in [-0.3, -0.25) is 0 Å². The van der Waals surface area contributed by atoms with E-state index in [4.69, 9.17) is 0 Å². The second-order valence-electron chi connectivity index (χ2n) is 4.71. The van der Waals surface area contributed by atoms with E-state index in [-0.39, 0.29) is 13.2 Å². The van der Waals surface area contributed by atoms with Crippen LogP contribution in [0.15, 0.2) is 11.1 Å². The quantitative estimate of drug-likeness (QED) is 0.662. The van der Waals surface area contributed by atoms with Gasteiger partial charge in [-0.25, -0.2) is 0 Å². The highest BCUT2D eigenvalue weighted by atomic mass is 16.3. The monoisotopic (exact) mass is 196 g/mol. The van der Waals surface area contributed by atoms with Crippen LogP contribution in [0.3, 0.4) is 0 Å². The Morgan fingerprint density at radius 1 is 0.857 bits per heavy atom. The first-order valence-corrected chi connectivity index (χ1v) is 5.76. The molecule has 0 amide bonds. The fourth-order valence-electron chi connectivity index (χ4n) is 2.92. The molecule has 2 rings (SSSR count). The van der Waals surface area contributed by atoms with E-state index in [9.17, 15) is 10.2 Å². The number of aliphatic hydroxyl groups excluding tert-OH is 2. The Kier molecular flexibility index (Phi) is 3.24. The molecule has 0 bridgehead atoms. The molecule has 2 aliphatic rings. The van der Waals surface area contributed by atoms with E-state index in [0.29, 0.717) is 11.8 Å². The maximum absolute atomic E-state index is 9.25. The van der Waals surface area contributed by atoms with Crippen LogP contribution >= 0.6 is 0 Å². The standard InChI is InChI=1S/C12H20O2/c13-7-11-5-9-3-1-2-4-10(9)6-12(11)8-14/h11-14H,1-8H2/t11-,12+. The van der Waals surface area contributed by atoms with Gasteiger partial charge >= 0.3 is 0 Å². The first kappa shape index (κ1) is 10.2. The van der Waals surface area contributed by atoms with Gasteiger partial charge in [0, 0.05) is 13.2 Å². The van der Waals surface area contributed by atoms with Crippen LogP contribution in [0.2, 0.25) is 0 Å². The summed E-state index contributed by atoms with van der Waals surface area (Å²) in [6.45, 7) is 0.476. The normalized spacial score (nSPS) is 33.0. The highest BCUT2D eigenvalue weighted by Gasteiger charge is 2.29. The van der Waals surface area contributed by atoms with Gasteiger partial charge < -0.3 is 10.2 Å². The summed E-state index contributed by atoms with van der Waals surface area (Å²) in [5.41, 5.74) is 3.19. The summed E-state index contributed by atoms with van der Waals surface area (Å²) in [5.74, 6) is 0.633. The maximum atomic E-state index is 9.25. The van der Waals surface area contributed by atoms with Crippen LogP contribution in [-0.2, 0) is 0 Å². The summed E-state index contributed by atoms with van der Waals surface area (Å²) in [7, 11) is 0. The molecular formula is C12H20O2. The van der Waals surface area contributed by atoms with E-state index in [0.717, 1.165) is 12.8 Å². The number of hydrogen-bond acceptors (Lipinski definition) is 2. The van der Waals surface area contributed by atoms with Crippen molar-refractivity contribution in [2.75, 3.05) is 13.2 Å². The maximum Gasteiger partial charge on any atom is 0.0465 e. The predicted octanol–water partition coefficient (Wildman–Crippen LogP) is 1.87. The van der Waals surface area contributed by atoms with Crippen molar-refractivity contribution in [3.8, 4) is 0 Å². The van der Waals surface area contributed by atoms with E-state index < -0.39 is 0 Å². The molecule has 0 heterocycles. The lowest BCUT2D eigenvalue weighted by Crippen LogP contribution is -2.28. The molecule has 0 fully saturated rings. The van der Waals surface area contributed by atoms with E-state index in [1.165, 1.54) is 25.7 Å². The first-order chi connectivity index (χ1) is 6.85. The van der Waals surface area contributed by atoms with Crippen LogP contribution in [0, 0.1) is 11.8 Å². The molecule has 2 N–H and O–H groups in total. The van der Waals surface area contributed by atoms with Crippen LogP contribution < -0.4 is 0 Å². The summed E-state index contributed by atoms with van der Waals surface area (Å²) < 4.78 is 0. The van der Waals surface area contributed by atoms with Crippen molar-refractivity contribution in [2.45, 2.75) is 38.5 Å². The summed E-state index contributed by atoms with van der Waals surface area (Å²) >= 11 is 0. The van der Waals surface area contributed by atoms with Gasteiger partial charge in [-0.1, -0.05) is 11.1 Å². The molecule has 14 heavy (non-hydrogen) atoms. The van der Waals surface area contributed by atoms with Gasteiger partial charge in [0.1, 0.15) is 0 Å². The molecule has 0 radical (unpaired) electrons. The van der Waals surface area contributed by atoms with E-state index in [2.05, 4.69) is 0 Å². The van der Waals surface area contributed by atoms with Gasteiger partial charge in [0.05, 0.1) is 0 Å². The zero-order valence-corrected chi connectivity index (χ0v) is 8.71. The van der Waals surface area contributed by atoms with Crippen molar-refractivity contribution in [3.05, 3.63) is 11.1 Å². The summed E-state index contributed by atoms with van der Waals surface area (Å²) in [6.07, 6.45) is 7.20. The Balaban J connectivity index is 2.11. The zero-order chi connectivity index (χ0) is 9.97. The number of rotatable bonds is 2. The van der Waals surface area contributed by atoms with Crippen molar-refractivity contribution in [2.24, 2.45) is 11.8 Å². The molecule has 0 saturated heterocycles. The SMILES string of the molecule is OC[C@@H]1CC2=C(CCCC2)C[C@@H]1CO. The van der Waals surface area contributed by atoms with E-state index in [1.54, 1.807) is 11.1 Å². The van der Waals surface area contributed by atoms with Crippen molar-refractivity contribution < 1.29 is 10.2 Å². The molecule has 2 nitrogen and oxygen atoms in total. The second-order valence-corrected chi connectivity index (χ2v) is 4.71. The number of allylic oxidation sites excluding steroid dienone is 2. The Morgan fingerprint density at radius 2 is 1.29 bits per heavy atom. The molecule has 2 aliphatic carbocycles. The third-order valence-electron chi connectivity index (χ3n) is 3.86. The molecular weight excluding hydrogens is 176 g/mol. The Labute approximate surface area is 85.6 Å². The fraction of sp³-hybridized carbons (Fsp3) is 0.833. The van der Waals surface area contributed by atoms with Crippen molar-refractivity contribution in [3.63, 3.8) is 0 Å². The zero-order valence-electron chi connectivity index (χ0n) is 8.71. The minimum atomic E-state index is 0.238. The Morgan fingerprint density at radius 3 is 1.64 bits per heavy atom. The van der Waals surface area contributed by atoms with Crippen LogP contribution in [0.5, 0.6) is 0 Å². The first-order valence-electron chi connectivity index (χ1n) is 5.76. The average molecular weight is 196 g/mol. The molecule has 80 valence electrons. The molecule has 0 aliphatic heterocycles. The lowest BCUT2D eigenvalue weighted by Gasteiger charge is -2.35. The molecule has 2 atom stereocenters. The molecule has 0 aromatic heterocycles. The van der Waals surface area contributed by atoms with E-state index in [1.807, 2.05) is 0 Å². The molecule has 0 saturated carbocycles. The van der Waals surface area contributed by atoms with Crippen LogP contribution in [0.1, 0.15) is 38.5 Å². The lowest BCUT2D eigenvalue weighted by atomic mass is 9.72. The summed E-state index contributed by atoms with van der Waals surface area (Å²) in [6, 6.07) is 0. The second kappa shape index (κ2) is 4.45. The van der Waals surface area contributed by atoms with Crippen LogP contribution in [0.4, 0.5) is 0 Å². The predicted molar refractivity (Wildman–Crippen MR) is 55.9 cm³/mol. The molecule has 2 heteroatoms. The number of hydrogen-bond donors (Lipinski definition) is 2. The van der Waals surface area contributed by atoms with Gasteiger partial charge in [-0.05, 0) is 50.4 Å². The third kappa shape index (κ3) is 1.86. The van der Waals surface area contributed by atoms with Gasteiger partial charge in [-0.2, -0.15) is 0 Å². The minimum Gasteiger partial charge on any atom is -0.396 e. The largest absolute Gasteiger partial charge is 0.396 e. The van der Waals surface area contributed by atoms with Crippen molar-refractivity contribution in [1.82, 2.24) is 0 Å². The summed E-state index contributed by atoms with van der Waals surface area (Å²) in [4.78, 5) is 0. The van der Waals surface area contributed by atoms with Gasteiger partial charge in [0.15, 0.2) is 0 Å². The third-order valence-corrected chi connectivity index (χ3v) is 3.86. The molecule has 0 aromatic rings. The average Bonchev–Trinajstić information content (AvgIpc) is 2.27. The Bertz CT molecular complexity index is 208. The van der Waals surface area contributed by atoms with Crippen molar-refractivity contribution in [1.29, 1.82) is 0 Å². The van der Waals surface area contributed by atoms with Crippen LogP contribution in [0.25, 0.3) is 0 Å².